The van der Waals surface area contributed by atoms with Crippen molar-refractivity contribution >= 4 is 10.0 Å². The third-order valence-corrected chi connectivity index (χ3v) is 4.81. The maximum atomic E-state index is 12.4. The zero-order chi connectivity index (χ0) is 14.8. The van der Waals surface area contributed by atoms with E-state index < -0.39 is 16.1 Å². The van der Waals surface area contributed by atoms with Crippen molar-refractivity contribution < 1.29 is 13.5 Å². The van der Waals surface area contributed by atoms with Crippen LogP contribution in [0.1, 0.15) is 24.2 Å². The second-order valence-electron chi connectivity index (χ2n) is 4.62. The van der Waals surface area contributed by atoms with Crippen LogP contribution in [0, 0.1) is 0 Å². The first-order valence-corrected chi connectivity index (χ1v) is 7.57. The third-order valence-electron chi connectivity index (χ3n) is 3.01. The number of sulfonamides is 1. The summed E-state index contributed by atoms with van der Waals surface area (Å²) in [7, 11) is -2.08. The van der Waals surface area contributed by atoms with E-state index in [2.05, 4.69) is 10.2 Å². The van der Waals surface area contributed by atoms with Crippen LogP contribution in [0.3, 0.4) is 0 Å². The Morgan fingerprint density at radius 1 is 1.45 bits per heavy atom. The largest absolute Gasteiger partial charge is 0.389 e. The number of nitrogens with one attached hydrogen (secondary N) is 1. The minimum Gasteiger partial charge on any atom is -0.389 e. The molecule has 0 amide bonds. The standard InChI is InChI=1S/C13H17N3O3S/c1-10(17)12-4-3-5-13(6-12)20(18,19)16(2)9-11-7-14-15-8-11/h3-8,10,17H,9H2,1-2H3,(H,14,15). The number of aliphatic hydroxyl groups is 1. The quantitative estimate of drug-likeness (QED) is 0.870. The molecule has 1 atom stereocenters. The number of nitrogens with zero attached hydrogens (tertiary/aromatic N) is 2. The van der Waals surface area contributed by atoms with Crippen molar-refractivity contribution in [3.05, 3.63) is 47.8 Å². The molecule has 20 heavy (non-hydrogen) atoms. The summed E-state index contributed by atoms with van der Waals surface area (Å²) in [5, 5.41) is 16.0. The topological polar surface area (TPSA) is 86.3 Å². The Morgan fingerprint density at radius 2 is 2.20 bits per heavy atom. The molecule has 0 bridgehead atoms. The van der Waals surface area contributed by atoms with Crippen LogP contribution < -0.4 is 0 Å². The Balaban J connectivity index is 2.27. The van der Waals surface area contributed by atoms with Crippen LogP contribution in [0.25, 0.3) is 0 Å². The molecule has 6 nitrogen and oxygen atoms in total. The summed E-state index contributed by atoms with van der Waals surface area (Å²) in [6, 6.07) is 6.33. The summed E-state index contributed by atoms with van der Waals surface area (Å²) < 4.78 is 26.1. The summed E-state index contributed by atoms with van der Waals surface area (Å²) in [6.45, 7) is 1.83. The fourth-order valence-electron chi connectivity index (χ4n) is 1.82. The minimum absolute atomic E-state index is 0.168. The molecule has 0 spiro atoms. The Morgan fingerprint density at radius 3 is 2.80 bits per heavy atom. The molecule has 1 unspecified atom stereocenters. The second kappa shape index (κ2) is 5.74. The van der Waals surface area contributed by atoms with Gasteiger partial charge in [0.1, 0.15) is 0 Å². The van der Waals surface area contributed by atoms with Crippen molar-refractivity contribution in [2.24, 2.45) is 0 Å². The molecule has 1 aromatic heterocycles. The van der Waals surface area contributed by atoms with Gasteiger partial charge in [0, 0.05) is 25.4 Å². The number of rotatable bonds is 5. The summed E-state index contributed by atoms with van der Waals surface area (Å²) >= 11 is 0. The summed E-state index contributed by atoms with van der Waals surface area (Å²) in [5.74, 6) is 0. The van der Waals surface area contributed by atoms with Gasteiger partial charge < -0.3 is 5.11 Å². The average Bonchev–Trinajstić information content (AvgIpc) is 2.91. The SMILES string of the molecule is CC(O)c1cccc(S(=O)(=O)N(C)Cc2cn[nH]c2)c1. The van der Waals surface area contributed by atoms with Gasteiger partial charge in [0.05, 0.1) is 17.2 Å². The molecule has 0 fully saturated rings. The van der Waals surface area contributed by atoms with Gasteiger partial charge in [0.25, 0.3) is 0 Å². The Hall–Kier alpha value is -1.70. The highest BCUT2D eigenvalue weighted by atomic mass is 32.2. The van der Waals surface area contributed by atoms with Crippen molar-refractivity contribution in [1.29, 1.82) is 0 Å². The van der Waals surface area contributed by atoms with Crippen LogP contribution in [0.2, 0.25) is 0 Å². The predicted molar refractivity (Wildman–Crippen MR) is 74.3 cm³/mol. The molecule has 0 radical (unpaired) electrons. The monoisotopic (exact) mass is 295 g/mol. The van der Waals surface area contributed by atoms with E-state index in [0.717, 1.165) is 5.56 Å². The van der Waals surface area contributed by atoms with Crippen LogP contribution >= 0.6 is 0 Å². The van der Waals surface area contributed by atoms with Crippen LogP contribution in [0.4, 0.5) is 0 Å². The third kappa shape index (κ3) is 3.06. The lowest BCUT2D eigenvalue weighted by Gasteiger charge is -2.17. The van der Waals surface area contributed by atoms with E-state index in [-0.39, 0.29) is 11.4 Å². The number of hydrogen-bond donors (Lipinski definition) is 2. The van der Waals surface area contributed by atoms with Gasteiger partial charge in [-0.15, -0.1) is 0 Å². The summed E-state index contributed by atoms with van der Waals surface area (Å²) in [5.41, 5.74) is 1.35. The Labute approximate surface area is 118 Å². The van der Waals surface area contributed by atoms with Gasteiger partial charge in [0.15, 0.2) is 0 Å². The van der Waals surface area contributed by atoms with Crippen molar-refractivity contribution in [2.75, 3.05) is 7.05 Å². The molecule has 0 saturated heterocycles. The summed E-state index contributed by atoms with van der Waals surface area (Å²) in [4.78, 5) is 0.168. The van der Waals surface area contributed by atoms with Crippen molar-refractivity contribution in [2.45, 2.75) is 24.5 Å². The number of H-pyrrole nitrogens is 1. The molecule has 0 saturated carbocycles. The second-order valence-corrected chi connectivity index (χ2v) is 6.66. The van der Waals surface area contributed by atoms with E-state index in [4.69, 9.17) is 0 Å². The number of benzene rings is 1. The molecule has 108 valence electrons. The molecular weight excluding hydrogens is 278 g/mol. The number of hydrogen-bond acceptors (Lipinski definition) is 4. The fraction of sp³-hybridized carbons (Fsp3) is 0.308. The first kappa shape index (κ1) is 14.7. The lowest BCUT2D eigenvalue weighted by molar-refractivity contribution is 0.199. The minimum atomic E-state index is -3.59. The first-order chi connectivity index (χ1) is 9.41. The molecule has 7 heteroatoms. The number of aliphatic hydroxyl groups excluding tert-OH is 1. The van der Waals surface area contributed by atoms with Gasteiger partial charge in [-0.2, -0.15) is 9.40 Å². The van der Waals surface area contributed by atoms with E-state index in [1.54, 1.807) is 31.5 Å². The van der Waals surface area contributed by atoms with E-state index in [1.807, 2.05) is 0 Å². The molecule has 0 aliphatic rings. The molecule has 2 rings (SSSR count). The van der Waals surface area contributed by atoms with Gasteiger partial charge >= 0.3 is 0 Å². The normalized spacial score (nSPS) is 13.6. The van der Waals surface area contributed by atoms with Crippen molar-refractivity contribution in [3.8, 4) is 0 Å². The highest BCUT2D eigenvalue weighted by molar-refractivity contribution is 7.89. The zero-order valence-electron chi connectivity index (χ0n) is 11.3. The molecular formula is C13H17N3O3S. The van der Waals surface area contributed by atoms with E-state index in [0.29, 0.717) is 5.56 Å². The summed E-state index contributed by atoms with van der Waals surface area (Å²) in [6.07, 6.45) is 2.53. The molecule has 2 N–H and O–H groups in total. The van der Waals surface area contributed by atoms with Crippen LogP contribution in [-0.4, -0.2) is 35.1 Å². The van der Waals surface area contributed by atoms with E-state index >= 15 is 0 Å². The van der Waals surface area contributed by atoms with Crippen LogP contribution in [-0.2, 0) is 16.6 Å². The zero-order valence-corrected chi connectivity index (χ0v) is 12.1. The van der Waals surface area contributed by atoms with E-state index in [9.17, 15) is 13.5 Å². The molecule has 1 heterocycles. The lowest BCUT2D eigenvalue weighted by atomic mass is 10.1. The molecule has 0 aliphatic heterocycles. The Bertz CT molecular complexity index is 666. The Kier molecular flexibility index (Phi) is 4.22. The van der Waals surface area contributed by atoms with Crippen LogP contribution in [0.5, 0.6) is 0 Å². The fourth-order valence-corrected chi connectivity index (χ4v) is 3.04. The first-order valence-electron chi connectivity index (χ1n) is 6.13. The highest BCUT2D eigenvalue weighted by Crippen LogP contribution is 2.20. The van der Waals surface area contributed by atoms with Gasteiger partial charge in [-0.1, -0.05) is 12.1 Å². The predicted octanol–water partition coefficient (Wildman–Crippen LogP) is 1.28. The lowest BCUT2D eigenvalue weighted by Crippen LogP contribution is -2.26. The molecule has 1 aromatic carbocycles. The maximum Gasteiger partial charge on any atom is 0.243 e. The molecule has 0 aliphatic carbocycles. The van der Waals surface area contributed by atoms with Gasteiger partial charge in [-0.3, -0.25) is 5.10 Å². The van der Waals surface area contributed by atoms with Gasteiger partial charge in [-0.25, -0.2) is 8.42 Å². The van der Waals surface area contributed by atoms with Crippen molar-refractivity contribution in [1.82, 2.24) is 14.5 Å². The van der Waals surface area contributed by atoms with Crippen LogP contribution in [0.15, 0.2) is 41.6 Å². The van der Waals surface area contributed by atoms with Gasteiger partial charge in [0.2, 0.25) is 10.0 Å². The number of aromatic amines is 1. The maximum absolute atomic E-state index is 12.4. The number of aromatic nitrogens is 2. The highest BCUT2D eigenvalue weighted by Gasteiger charge is 2.21. The van der Waals surface area contributed by atoms with Gasteiger partial charge in [-0.05, 0) is 24.6 Å². The average molecular weight is 295 g/mol. The van der Waals surface area contributed by atoms with Crippen molar-refractivity contribution in [3.63, 3.8) is 0 Å². The van der Waals surface area contributed by atoms with E-state index in [1.165, 1.54) is 23.5 Å². The smallest absolute Gasteiger partial charge is 0.243 e. The molecule has 2 aromatic rings.